The first-order chi connectivity index (χ1) is 10.9. The molecule has 23 heavy (non-hydrogen) atoms. The zero-order valence-corrected chi connectivity index (χ0v) is 11.6. The van der Waals surface area contributed by atoms with Gasteiger partial charge in [0.05, 0.1) is 5.56 Å². The second kappa shape index (κ2) is 5.20. The second-order valence-electron chi connectivity index (χ2n) is 4.93. The molecule has 3 rings (SSSR count). The zero-order valence-electron chi connectivity index (χ0n) is 11.6. The lowest BCUT2D eigenvalue weighted by molar-refractivity contribution is 0.0691. The Kier molecular flexibility index (Phi) is 3.33. The first kappa shape index (κ1) is 14.7. The molecule has 0 unspecified atom stereocenters. The largest absolute Gasteiger partial charge is 0.478 e. The molecule has 0 saturated heterocycles. The molecule has 0 radical (unpaired) electrons. The van der Waals surface area contributed by atoms with Gasteiger partial charge in [0.15, 0.2) is 0 Å². The number of carbonyl (C=O) groups is 2. The number of rotatable bonds is 3. The molecular weight excluding hydrogens is 306 g/mol. The van der Waals surface area contributed by atoms with E-state index < -0.39 is 29.1 Å². The molecule has 0 aliphatic heterocycles. The Labute approximate surface area is 128 Å². The van der Waals surface area contributed by atoms with Crippen LogP contribution in [0.25, 0.3) is 22.0 Å². The van der Waals surface area contributed by atoms with Crippen molar-refractivity contribution in [3.63, 3.8) is 0 Å². The minimum absolute atomic E-state index is 0.104. The molecule has 0 bridgehead atoms. The Bertz CT molecular complexity index is 963. The highest BCUT2D eigenvalue weighted by Gasteiger charge is 2.18. The predicted molar refractivity (Wildman–Crippen MR) is 79.1 cm³/mol. The summed E-state index contributed by atoms with van der Waals surface area (Å²) < 4.78 is 28.1. The number of nitrogens with one attached hydrogen (secondary N) is 1. The third kappa shape index (κ3) is 2.42. The topological polar surface area (TPSA) is 96.2 Å². The van der Waals surface area contributed by atoms with Gasteiger partial charge in [-0.15, -0.1) is 0 Å². The van der Waals surface area contributed by atoms with E-state index in [0.29, 0.717) is 22.5 Å². The Morgan fingerprint density at radius 3 is 2.43 bits per heavy atom. The Balaban J connectivity index is 2.26. The Morgan fingerprint density at radius 2 is 1.78 bits per heavy atom. The van der Waals surface area contributed by atoms with E-state index in [1.165, 1.54) is 6.07 Å². The van der Waals surface area contributed by atoms with Gasteiger partial charge in [0.25, 0.3) is 5.91 Å². The van der Waals surface area contributed by atoms with Crippen molar-refractivity contribution in [2.45, 2.75) is 0 Å². The molecule has 0 fully saturated rings. The predicted octanol–water partition coefficient (Wildman–Crippen LogP) is 2.91. The molecule has 4 N–H and O–H groups in total. The Morgan fingerprint density at radius 1 is 1.04 bits per heavy atom. The number of carboxylic acid groups (broad SMARTS) is 1. The van der Waals surface area contributed by atoms with E-state index in [4.69, 9.17) is 10.8 Å². The van der Waals surface area contributed by atoms with Crippen molar-refractivity contribution < 1.29 is 23.5 Å². The minimum atomic E-state index is -1.55. The van der Waals surface area contributed by atoms with Gasteiger partial charge >= 0.3 is 5.97 Å². The van der Waals surface area contributed by atoms with Crippen molar-refractivity contribution in [2.75, 3.05) is 0 Å². The van der Waals surface area contributed by atoms with E-state index in [2.05, 4.69) is 4.98 Å². The van der Waals surface area contributed by atoms with Crippen LogP contribution in [0.4, 0.5) is 8.78 Å². The van der Waals surface area contributed by atoms with Crippen molar-refractivity contribution in [3.8, 4) is 11.1 Å². The molecule has 0 atom stereocenters. The monoisotopic (exact) mass is 316 g/mol. The third-order valence-electron chi connectivity index (χ3n) is 3.51. The average molecular weight is 316 g/mol. The van der Waals surface area contributed by atoms with Gasteiger partial charge < -0.3 is 15.8 Å². The Hall–Kier alpha value is -3.22. The smallest absolute Gasteiger partial charge is 0.338 e. The van der Waals surface area contributed by atoms with Gasteiger partial charge in [-0.2, -0.15) is 0 Å². The van der Waals surface area contributed by atoms with Crippen molar-refractivity contribution in [2.24, 2.45) is 5.73 Å². The normalized spacial score (nSPS) is 10.9. The minimum Gasteiger partial charge on any atom is -0.478 e. The lowest BCUT2D eigenvalue weighted by Crippen LogP contribution is -2.10. The number of hydrogen-bond donors (Lipinski definition) is 3. The van der Waals surface area contributed by atoms with E-state index in [1.54, 1.807) is 18.2 Å². The standard InChI is InChI=1S/C16H10F2N2O3/c17-11-5-10(16(22)23)12(18)4-8(11)7-2-1-3-13-9(7)6-14(20-13)15(19)21/h1-6,20H,(H2,19,21)(H,22,23). The summed E-state index contributed by atoms with van der Waals surface area (Å²) in [6, 6.07) is 7.69. The number of hydrogen-bond acceptors (Lipinski definition) is 2. The fourth-order valence-electron chi connectivity index (χ4n) is 2.44. The molecule has 116 valence electrons. The number of carboxylic acids is 1. The second-order valence-corrected chi connectivity index (χ2v) is 4.93. The van der Waals surface area contributed by atoms with Gasteiger partial charge in [-0.05, 0) is 29.8 Å². The van der Waals surface area contributed by atoms with Crippen molar-refractivity contribution in [1.29, 1.82) is 0 Å². The molecule has 1 amide bonds. The van der Waals surface area contributed by atoms with Crippen LogP contribution in [0.5, 0.6) is 0 Å². The number of aromatic carboxylic acids is 1. The molecule has 2 aromatic carbocycles. The number of benzene rings is 2. The number of aromatic amines is 1. The van der Waals surface area contributed by atoms with Crippen LogP contribution in [0.1, 0.15) is 20.8 Å². The SMILES string of the molecule is NC(=O)c1cc2c(-c3cc(F)c(C(=O)O)cc3F)cccc2[nH]1. The lowest BCUT2D eigenvalue weighted by atomic mass is 9.99. The summed E-state index contributed by atoms with van der Waals surface area (Å²) in [4.78, 5) is 24.9. The molecular formula is C16H10F2N2O3. The quantitative estimate of drug-likeness (QED) is 0.693. The summed E-state index contributed by atoms with van der Waals surface area (Å²) in [5, 5.41) is 9.30. The van der Waals surface area contributed by atoms with Crippen molar-refractivity contribution >= 4 is 22.8 Å². The van der Waals surface area contributed by atoms with Gasteiger partial charge in [-0.3, -0.25) is 4.79 Å². The molecule has 0 aliphatic carbocycles. The number of nitrogens with two attached hydrogens (primary N) is 1. The molecule has 1 heterocycles. The maximum Gasteiger partial charge on any atom is 0.338 e. The van der Waals surface area contributed by atoms with Crippen LogP contribution in [0, 0.1) is 11.6 Å². The molecule has 7 heteroatoms. The first-order valence-electron chi connectivity index (χ1n) is 6.52. The van der Waals surface area contributed by atoms with E-state index in [0.717, 1.165) is 6.07 Å². The van der Waals surface area contributed by atoms with Crippen LogP contribution < -0.4 is 5.73 Å². The number of amides is 1. The molecule has 1 aromatic heterocycles. The van der Waals surface area contributed by atoms with Crippen molar-refractivity contribution in [1.82, 2.24) is 4.98 Å². The van der Waals surface area contributed by atoms with Gasteiger partial charge in [0, 0.05) is 16.5 Å². The maximum atomic E-state index is 14.2. The van der Waals surface area contributed by atoms with Crippen LogP contribution in [-0.2, 0) is 0 Å². The summed E-state index contributed by atoms with van der Waals surface area (Å²) >= 11 is 0. The number of halogens is 2. The summed E-state index contributed by atoms with van der Waals surface area (Å²) in [5.74, 6) is -4.15. The number of fused-ring (bicyclic) bond motifs is 1. The lowest BCUT2D eigenvalue weighted by Gasteiger charge is -2.07. The fourth-order valence-corrected chi connectivity index (χ4v) is 2.44. The molecule has 0 aliphatic rings. The zero-order chi connectivity index (χ0) is 16.7. The van der Waals surface area contributed by atoms with Gasteiger partial charge in [0.2, 0.25) is 0 Å². The first-order valence-corrected chi connectivity index (χ1v) is 6.52. The van der Waals surface area contributed by atoms with E-state index in [9.17, 15) is 18.4 Å². The summed E-state index contributed by atoms with van der Waals surface area (Å²) in [7, 11) is 0. The van der Waals surface area contributed by atoms with Gasteiger partial charge in [-0.25, -0.2) is 13.6 Å². The van der Waals surface area contributed by atoms with Gasteiger partial charge in [-0.1, -0.05) is 12.1 Å². The van der Waals surface area contributed by atoms with Crippen LogP contribution in [0.15, 0.2) is 36.4 Å². The highest BCUT2D eigenvalue weighted by molar-refractivity contribution is 6.02. The van der Waals surface area contributed by atoms with E-state index in [-0.39, 0.29) is 11.3 Å². The number of aromatic nitrogens is 1. The van der Waals surface area contributed by atoms with Crippen LogP contribution >= 0.6 is 0 Å². The van der Waals surface area contributed by atoms with E-state index >= 15 is 0 Å². The van der Waals surface area contributed by atoms with Crippen molar-refractivity contribution in [3.05, 3.63) is 59.3 Å². The fraction of sp³-hybridized carbons (Fsp3) is 0. The van der Waals surface area contributed by atoms with E-state index in [1.807, 2.05) is 0 Å². The summed E-state index contributed by atoms with van der Waals surface area (Å²) in [6.45, 7) is 0. The number of primary amides is 1. The number of carbonyl (C=O) groups excluding carboxylic acids is 1. The van der Waals surface area contributed by atoms with Crippen LogP contribution in [0.2, 0.25) is 0 Å². The maximum absolute atomic E-state index is 14.2. The van der Waals surface area contributed by atoms with Crippen LogP contribution in [-0.4, -0.2) is 22.0 Å². The highest BCUT2D eigenvalue weighted by atomic mass is 19.1. The average Bonchev–Trinajstić information content (AvgIpc) is 2.93. The van der Waals surface area contributed by atoms with Gasteiger partial charge in [0.1, 0.15) is 17.3 Å². The summed E-state index contributed by atoms with van der Waals surface area (Å²) in [5.41, 5.74) is 5.34. The van der Waals surface area contributed by atoms with Crippen LogP contribution in [0.3, 0.4) is 0 Å². The highest BCUT2D eigenvalue weighted by Crippen LogP contribution is 2.32. The molecule has 5 nitrogen and oxygen atoms in total. The summed E-state index contributed by atoms with van der Waals surface area (Å²) in [6.07, 6.45) is 0. The number of H-pyrrole nitrogens is 1. The molecule has 0 spiro atoms. The molecule has 3 aromatic rings. The third-order valence-corrected chi connectivity index (χ3v) is 3.51. The molecule has 0 saturated carbocycles.